The average Bonchev–Trinajstić information content (AvgIpc) is 2.83. The van der Waals surface area contributed by atoms with Gasteiger partial charge >= 0.3 is 0 Å². The normalized spacial score (nSPS) is 14.4. The van der Waals surface area contributed by atoms with Crippen molar-refractivity contribution in [3.63, 3.8) is 0 Å². The predicted octanol–water partition coefficient (Wildman–Crippen LogP) is 5.33. The van der Waals surface area contributed by atoms with E-state index in [4.69, 9.17) is 0 Å². The number of sulfonamides is 1. The first kappa shape index (κ1) is 25.9. The van der Waals surface area contributed by atoms with Gasteiger partial charge in [-0.05, 0) is 98.8 Å². The minimum Gasteiger partial charge on any atom is -0.348 e. The number of hydrogen-bond donors (Lipinski definition) is 2. The molecule has 2 N–H and O–H groups in total. The Morgan fingerprint density at radius 3 is 2.22 bits per heavy atom. The second-order valence-electron chi connectivity index (χ2n) is 9.75. The topological polar surface area (TPSA) is 78.5 Å². The second kappa shape index (κ2) is 11.3. The Labute approximate surface area is 214 Å². The van der Waals surface area contributed by atoms with Gasteiger partial charge in [-0.2, -0.15) is 0 Å². The van der Waals surface area contributed by atoms with Crippen LogP contribution in [-0.2, 0) is 23.1 Å². The maximum atomic E-state index is 13.2. The largest absolute Gasteiger partial charge is 0.348 e. The molecule has 36 heavy (non-hydrogen) atoms. The van der Waals surface area contributed by atoms with Crippen molar-refractivity contribution in [1.29, 1.82) is 0 Å². The number of hydrogen-bond acceptors (Lipinski definition) is 4. The van der Waals surface area contributed by atoms with Crippen LogP contribution in [0.15, 0.2) is 65.6 Å². The van der Waals surface area contributed by atoms with Crippen molar-refractivity contribution in [2.75, 3.05) is 17.8 Å². The molecule has 0 radical (unpaired) electrons. The van der Waals surface area contributed by atoms with Crippen LogP contribution in [0.2, 0.25) is 0 Å². The third kappa shape index (κ3) is 6.53. The van der Waals surface area contributed by atoms with Crippen LogP contribution in [0.25, 0.3) is 0 Å². The molecule has 0 atom stereocenters. The SMILES string of the molecule is Cc1cc(C)cc(NS(=O)(=O)c2cc(C(=O)NCc3ccccc3CN3CCCCC3)ccc2C)c1. The van der Waals surface area contributed by atoms with Gasteiger partial charge in [0.25, 0.3) is 15.9 Å². The van der Waals surface area contributed by atoms with Crippen LogP contribution in [0.4, 0.5) is 5.69 Å². The maximum Gasteiger partial charge on any atom is 0.262 e. The molecule has 0 saturated carbocycles. The molecule has 0 bridgehead atoms. The van der Waals surface area contributed by atoms with Crippen LogP contribution >= 0.6 is 0 Å². The van der Waals surface area contributed by atoms with Gasteiger partial charge in [0.1, 0.15) is 0 Å². The van der Waals surface area contributed by atoms with Gasteiger partial charge < -0.3 is 5.32 Å². The number of nitrogens with one attached hydrogen (secondary N) is 2. The van der Waals surface area contributed by atoms with Gasteiger partial charge in [0.15, 0.2) is 0 Å². The zero-order chi connectivity index (χ0) is 25.7. The molecule has 1 heterocycles. The van der Waals surface area contributed by atoms with Gasteiger partial charge in [0, 0.05) is 24.3 Å². The molecule has 0 aromatic heterocycles. The van der Waals surface area contributed by atoms with Crippen LogP contribution in [0.1, 0.15) is 57.4 Å². The fraction of sp³-hybridized carbons (Fsp3) is 0.345. The number of benzene rings is 3. The van der Waals surface area contributed by atoms with Gasteiger partial charge in [0.05, 0.1) is 4.90 Å². The molecular weight excluding hydrogens is 470 g/mol. The van der Waals surface area contributed by atoms with Crippen molar-refractivity contribution < 1.29 is 13.2 Å². The minimum atomic E-state index is -3.86. The summed E-state index contributed by atoms with van der Waals surface area (Å²) in [6.45, 7) is 9.06. The van der Waals surface area contributed by atoms with Gasteiger partial charge in [-0.1, -0.05) is 42.8 Å². The van der Waals surface area contributed by atoms with Crippen molar-refractivity contribution >= 4 is 21.6 Å². The lowest BCUT2D eigenvalue weighted by molar-refractivity contribution is 0.0950. The minimum absolute atomic E-state index is 0.0970. The van der Waals surface area contributed by atoms with E-state index in [0.29, 0.717) is 23.4 Å². The van der Waals surface area contributed by atoms with Crippen LogP contribution in [0.3, 0.4) is 0 Å². The van der Waals surface area contributed by atoms with E-state index in [2.05, 4.69) is 21.0 Å². The molecular formula is C29H35N3O3S. The van der Waals surface area contributed by atoms with E-state index in [1.54, 1.807) is 31.2 Å². The van der Waals surface area contributed by atoms with E-state index in [0.717, 1.165) is 36.3 Å². The molecule has 3 aromatic rings. The van der Waals surface area contributed by atoms with E-state index in [1.807, 2.05) is 38.1 Å². The standard InChI is InChI=1S/C29H35N3O3S/c1-21-15-22(2)17-27(16-21)31-36(34,35)28-18-24(12-11-23(28)3)29(33)30-19-25-9-5-6-10-26(25)20-32-13-7-4-8-14-32/h5-6,9-12,15-18,31H,4,7-8,13-14,19-20H2,1-3H3,(H,30,33). The third-order valence-electron chi connectivity index (χ3n) is 6.61. The highest BCUT2D eigenvalue weighted by Crippen LogP contribution is 2.23. The Morgan fingerprint density at radius 2 is 1.53 bits per heavy atom. The van der Waals surface area contributed by atoms with Gasteiger partial charge in [-0.15, -0.1) is 0 Å². The Morgan fingerprint density at radius 1 is 0.861 bits per heavy atom. The summed E-state index contributed by atoms with van der Waals surface area (Å²) in [7, 11) is -3.86. The van der Waals surface area contributed by atoms with Crippen LogP contribution < -0.4 is 10.0 Å². The first-order valence-corrected chi connectivity index (χ1v) is 14.0. The quantitative estimate of drug-likeness (QED) is 0.434. The molecule has 0 unspecified atom stereocenters. The van der Waals surface area contributed by atoms with Crippen LogP contribution in [0, 0.1) is 20.8 Å². The first-order valence-electron chi connectivity index (χ1n) is 12.5. The number of aryl methyl sites for hydroxylation is 3. The molecule has 3 aromatic carbocycles. The zero-order valence-electron chi connectivity index (χ0n) is 21.3. The van der Waals surface area contributed by atoms with E-state index in [1.165, 1.54) is 30.9 Å². The third-order valence-corrected chi connectivity index (χ3v) is 8.14. The smallest absolute Gasteiger partial charge is 0.262 e. The maximum absolute atomic E-state index is 13.2. The van der Waals surface area contributed by atoms with Gasteiger partial charge in [0.2, 0.25) is 0 Å². The van der Waals surface area contributed by atoms with Crippen molar-refractivity contribution in [3.05, 3.63) is 94.0 Å². The molecule has 1 aliphatic heterocycles. The molecule has 190 valence electrons. The predicted molar refractivity (Wildman–Crippen MR) is 145 cm³/mol. The number of carbonyl (C=O) groups is 1. The lowest BCUT2D eigenvalue weighted by Crippen LogP contribution is -2.30. The molecule has 1 fully saturated rings. The lowest BCUT2D eigenvalue weighted by atomic mass is 10.0. The van der Waals surface area contributed by atoms with Crippen molar-refractivity contribution in [2.45, 2.75) is 58.0 Å². The van der Waals surface area contributed by atoms with Crippen LogP contribution in [-0.4, -0.2) is 32.3 Å². The monoisotopic (exact) mass is 505 g/mol. The zero-order valence-corrected chi connectivity index (χ0v) is 22.1. The van der Waals surface area contributed by atoms with E-state index in [-0.39, 0.29) is 10.8 Å². The summed E-state index contributed by atoms with van der Waals surface area (Å²) in [5.74, 6) is -0.300. The van der Waals surface area contributed by atoms with Crippen molar-refractivity contribution in [2.24, 2.45) is 0 Å². The molecule has 1 aliphatic rings. The Kier molecular flexibility index (Phi) is 8.11. The number of rotatable bonds is 8. The number of amides is 1. The number of nitrogens with zero attached hydrogens (tertiary/aromatic N) is 1. The summed E-state index contributed by atoms with van der Waals surface area (Å²) >= 11 is 0. The molecule has 7 heteroatoms. The Balaban J connectivity index is 1.48. The van der Waals surface area contributed by atoms with E-state index >= 15 is 0 Å². The molecule has 6 nitrogen and oxygen atoms in total. The summed E-state index contributed by atoms with van der Waals surface area (Å²) in [6.07, 6.45) is 3.76. The summed E-state index contributed by atoms with van der Waals surface area (Å²) in [5.41, 5.74) is 5.63. The highest BCUT2D eigenvalue weighted by molar-refractivity contribution is 7.92. The van der Waals surface area contributed by atoms with E-state index < -0.39 is 10.0 Å². The van der Waals surface area contributed by atoms with Crippen LogP contribution in [0.5, 0.6) is 0 Å². The summed E-state index contributed by atoms with van der Waals surface area (Å²) in [6, 6.07) is 18.5. The van der Waals surface area contributed by atoms with Gasteiger partial charge in [-0.3, -0.25) is 14.4 Å². The molecule has 4 rings (SSSR count). The molecule has 1 amide bonds. The Bertz CT molecular complexity index is 1330. The number of likely N-dealkylation sites (tertiary alicyclic amines) is 1. The highest BCUT2D eigenvalue weighted by atomic mass is 32.2. The van der Waals surface area contributed by atoms with Crippen molar-refractivity contribution in [3.8, 4) is 0 Å². The molecule has 0 aliphatic carbocycles. The Hall–Kier alpha value is -3.16. The number of anilines is 1. The fourth-order valence-electron chi connectivity index (χ4n) is 4.79. The fourth-order valence-corrected chi connectivity index (χ4v) is 6.11. The summed E-state index contributed by atoms with van der Waals surface area (Å²) < 4.78 is 29.0. The number of carbonyl (C=O) groups excluding carboxylic acids is 1. The average molecular weight is 506 g/mol. The van der Waals surface area contributed by atoms with Crippen molar-refractivity contribution in [1.82, 2.24) is 10.2 Å². The summed E-state index contributed by atoms with van der Waals surface area (Å²) in [5, 5.41) is 2.98. The number of piperidine rings is 1. The second-order valence-corrected chi connectivity index (χ2v) is 11.4. The molecule has 0 spiro atoms. The molecule has 1 saturated heterocycles. The highest BCUT2D eigenvalue weighted by Gasteiger charge is 2.20. The van der Waals surface area contributed by atoms with Gasteiger partial charge in [-0.25, -0.2) is 8.42 Å². The lowest BCUT2D eigenvalue weighted by Gasteiger charge is -2.27. The first-order chi connectivity index (χ1) is 17.2. The summed E-state index contributed by atoms with van der Waals surface area (Å²) in [4.78, 5) is 15.6. The van der Waals surface area contributed by atoms with E-state index in [9.17, 15) is 13.2 Å².